The number of nitriles is 2. The van der Waals surface area contributed by atoms with E-state index in [2.05, 4.69) is 19.7 Å². The summed E-state index contributed by atoms with van der Waals surface area (Å²) in [6.07, 6.45) is 2.58. The maximum atomic E-state index is 10.7. The molecule has 0 aromatic heterocycles. The summed E-state index contributed by atoms with van der Waals surface area (Å²) in [5.74, 6) is 0. The van der Waals surface area contributed by atoms with Gasteiger partial charge in [0, 0.05) is 0 Å². The van der Waals surface area contributed by atoms with Gasteiger partial charge in [-0.05, 0) is 16.8 Å². The summed E-state index contributed by atoms with van der Waals surface area (Å²) in [6, 6.07) is 6.04. The molecule has 0 atom stereocenters. The standard InChI is InChI=1S/C16H2N6O2/c1-19-13-4-11-10(15(22-8-24)16(13)20-2)3-9(5-17)12(6-18)14(11)21-7-23/h3-4H. The SMILES string of the molecule is [C-]#[N+]c1cc2c(N=C=O)c(C#N)c(C#N)cc2c(N=C=O)c1[N+]#[C-]. The molecule has 0 amide bonds. The monoisotopic (exact) mass is 310 g/mol. The van der Waals surface area contributed by atoms with Crippen LogP contribution in [-0.2, 0) is 9.59 Å². The van der Waals surface area contributed by atoms with Gasteiger partial charge in [0.2, 0.25) is 17.8 Å². The molecule has 0 aliphatic carbocycles. The number of isocyanates is 2. The summed E-state index contributed by atoms with van der Waals surface area (Å²) in [5, 5.41) is 18.7. The number of aliphatic imine (C=N–C) groups is 2. The van der Waals surface area contributed by atoms with Gasteiger partial charge in [0.25, 0.3) is 0 Å². The van der Waals surface area contributed by atoms with Gasteiger partial charge in [0.1, 0.15) is 17.8 Å². The lowest BCUT2D eigenvalue weighted by atomic mass is 9.97. The van der Waals surface area contributed by atoms with Crippen LogP contribution in [0.5, 0.6) is 0 Å². The lowest BCUT2D eigenvalue weighted by Gasteiger charge is -2.10. The first-order valence-corrected chi connectivity index (χ1v) is 6.05. The number of benzene rings is 2. The third-order valence-corrected chi connectivity index (χ3v) is 3.12. The first-order valence-electron chi connectivity index (χ1n) is 6.05. The average Bonchev–Trinajstić information content (AvgIpc) is 2.61. The fraction of sp³-hybridized carbons (Fsp3) is 0. The predicted octanol–water partition coefficient (Wildman–Crippen LogP) is 3.62. The smallest absolute Gasteiger partial charge is 0.240 e. The summed E-state index contributed by atoms with van der Waals surface area (Å²) in [7, 11) is 0. The molecule has 0 spiro atoms. The van der Waals surface area contributed by atoms with Crippen molar-refractivity contribution in [2.75, 3.05) is 0 Å². The Labute approximate surface area is 134 Å². The topological polar surface area (TPSA) is 115 Å². The molecule has 2 aromatic carbocycles. The molecule has 0 N–H and O–H groups in total. The minimum absolute atomic E-state index is 0.118. The van der Waals surface area contributed by atoms with Crippen LogP contribution in [-0.4, -0.2) is 12.2 Å². The van der Waals surface area contributed by atoms with Crippen molar-refractivity contribution in [2.24, 2.45) is 9.98 Å². The number of rotatable bonds is 2. The van der Waals surface area contributed by atoms with Crippen LogP contribution < -0.4 is 0 Å². The molecule has 2 rings (SSSR count). The largest absolute Gasteiger partial charge is 0.250 e. The zero-order valence-electron chi connectivity index (χ0n) is 11.7. The maximum Gasteiger partial charge on any atom is 0.240 e. The minimum atomic E-state index is -0.199. The lowest BCUT2D eigenvalue weighted by Crippen LogP contribution is -1.88. The van der Waals surface area contributed by atoms with E-state index in [-0.39, 0.29) is 44.6 Å². The molecule has 0 saturated carbocycles. The maximum absolute atomic E-state index is 10.7. The van der Waals surface area contributed by atoms with Gasteiger partial charge >= 0.3 is 0 Å². The molecule has 0 fully saturated rings. The molecule has 0 radical (unpaired) electrons. The van der Waals surface area contributed by atoms with Crippen LogP contribution in [0.15, 0.2) is 22.1 Å². The first-order chi connectivity index (χ1) is 11.7. The van der Waals surface area contributed by atoms with Crippen LogP contribution >= 0.6 is 0 Å². The Morgan fingerprint density at radius 1 is 0.917 bits per heavy atom. The van der Waals surface area contributed by atoms with Crippen LogP contribution in [0.2, 0.25) is 0 Å². The second kappa shape index (κ2) is 6.46. The molecule has 0 bridgehead atoms. The van der Waals surface area contributed by atoms with Crippen LogP contribution in [0.3, 0.4) is 0 Å². The highest BCUT2D eigenvalue weighted by Crippen LogP contribution is 2.47. The van der Waals surface area contributed by atoms with E-state index in [0.29, 0.717) is 0 Å². The third kappa shape index (κ3) is 2.28. The molecule has 0 aliphatic rings. The highest BCUT2D eigenvalue weighted by Gasteiger charge is 2.20. The molecule has 0 unspecified atom stereocenters. The molecule has 2 aromatic rings. The summed E-state index contributed by atoms with van der Waals surface area (Å²) in [6.45, 7) is 14.3. The molecule has 8 heteroatoms. The normalized spacial score (nSPS) is 8.67. The third-order valence-electron chi connectivity index (χ3n) is 3.12. The second-order valence-corrected chi connectivity index (χ2v) is 4.19. The van der Waals surface area contributed by atoms with Gasteiger partial charge in [-0.2, -0.15) is 20.5 Å². The highest BCUT2D eigenvalue weighted by atomic mass is 16.1. The van der Waals surface area contributed by atoms with Crippen molar-refractivity contribution >= 4 is 45.7 Å². The number of carbonyl (C=O) groups excluding carboxylic acids is 2. The van der Waals surface area contributed by atoms with E-state index < -0.39 is 0 Å². The van der Waals surface area contributed by atoms with E-state index in [0.717, 1.165) is 0 Å². The molecule has 0 saturated heterocycles. The Kier molecular flexibility index (Phi) is 4.25. The van der Waals surface area contributed by atoms with Crippen LogP contribution in [0.25, 0.3) is 20.5 Å². The zero-order valence-corrected chi connectivity index (χ0v) is 11.7. The van der Waals surface area contributed by atoms with Crippen LogP contribution in [0, 0.1) is 35.8 Å². The number of fused-ring (bicyclic) bond motifs is 1. The zero-order chi connectivity index (χ0) is 17.7. The first kappa shape index (κ1) is 15.8. The van der Waals surface area contributed by atoms with Gasteiger partial charge in [-0.25, -0.2) is 19.3 Å². The van der Waals surface area contributed by atoms with Crippen molar-refractivity contribution in [1.82, 2.24) is 0 Å². The van der Waals surface area contributed by atoms with Crippen molar-refractivity contribution in [3.63, 3.8) is 0 Å². The van der Waals surface area contributed by atoms with E-state index in [1.54, 1.807) is 12.1 Å². The second-order valence-electron chi connectivity index (χ2n) is 4.19. The van der Waals surface area contributed by atoms with Crippen LogP contribution in [0.1, 0.15) is 11.1 Å². The Hall–Kier alpha value is -4.58. The highest BCUT2D eigenvalue weighted by molar-refractivity contribution is 6.11. The number of hydrogen-bond acceptors (Lipinski definition) is 6. The van der Waals surface area contributed by atoms with Gasteiger partial charge in [-0.3, -0.25) is 0 Å². The van der Waals surface area contributed by atoms with E-state index in [1.807, 2.05) is 0 Å². The van der Waals surface area contributed by atoms with Gasteiger partial charge in [0.05, 0.1) is 30.0 Å². The molecule has 8 nitrogen and oxygen atoms in total. The molecule has 24 heavy (non-hydrogen) atoms. The molecular weight excluding hydrogens is 308 g/mol. The summed E-state index contributed by atoms with van der Waals surface area (Å²) in [4.78, 5) is 34.7. The van der Waals surface area contributed by atoms with E-state index in [4.69, 9.17) is 13.1 Å². The van der Waals surface area contributed by atoms with Crippen molar-refractivity contribution in [1.29, 1.82) is 10.5 Å². The van der Waals surface area contributed by atoms with Gasteiger partial charge in [-0.15, -0.1) is 0 Å². The van der Waals surface area contributed by atoms with E-state index in [1.165, 1.54) is 24.3 Å². The van der Waals surface area contributed by atoms with Gasteiger partial charge in [0.15, 0.2) is 5.69 Å². The quantitative estimate of drug-likeness (QED) is 0.478. The fourth-order valence-electron chi connectivity index (χ4n) is 2.20. The van der Waals surface area contributed by atoms with Gasteiger partial charge < -0.3 is 0 Å². The molecule has 0 aliphatic heterocycles. The van der Waals surface area contributed by atoms with Crippen molar-refractivity contribution < 1.29 is 9.59 Å². The number of hydrogen-bond donors (Lipinski definition) is 0. The van der Waals surface area contributed by atoms with Crippen molar-refractivity contribution in [2.45, 2.75) is 0 Å². The van der Waals surface area contributed by atoms with E-state index >= 15 is 0 Å². The summed E-state index contributed by atoms with van der Waals surface area (Å²) >= 11 is 0. The van der Waals surface area contributed by atoms with Gasteiger partial charge in [-0.1, -0.05) is 6.07 Å². The molecule has 108 valence electrons. The average molecular weight is 310 g/mol. The number of nitrogens with zero attached hydrogens (tertiary/aromatic N) is 6. The van der Waals surface area contributed by atoms with Crippen molar-refractivity contribution in [3.8, 4) is 12.1 Å². The summed E-state index contributed by atoms with van der Waals surface area (Å²) in [5.41, 5.74) is -0.983. The Morgan fingerprint density at radius 2 is 1.54 bits per heavy atom. The fourth-order valence-corrected chi connectivity index (χ4v) is 2.20. The van der Waals surface area contributed by atoms with E-state index in [9.17, 15) is 20.1 Å². The predicted molar refractivity (Wildman–Crippen MR) is 81.5 cm³/mol. The Balaban J connectivity index is 3.30. The molecular formula is C16H2N6O2. The van der Waals surface area contributed by atoms with Crippen LogP contribution in [0.4, 0.5) is 22.7 Å². The Morgan fingerprint density at radius 3 is 2.04 bits per heavy atom. The summed E-state index contributed by atoms with van der Waals surface area (Å²) < 4.78 is 0. The molecule has 0 heterocycles. The minimum Gasteiger partial charge on any atom is -0.250 e. The Bertz CT molecular complexity index is 1060. The lowest BCUT2D eigenvalue weighted by molar-refractivity contribution is 0.564. The van der Waals surface area contributed by atoms with Crippen molar-refractivity contribution in [3.05, 3.63) is 46.1 Å².